The topological polar surface area (TPSA) is 117 Å². The van der Waals surface area contributed by atoms with E-state index >= 15 is 0 Å². The minimum Gasteiger partial charge on any atom is -0.497 e. The van der Waals surface area contributed by atoms with E-state index < -0.39 is 17.6 Å². The molecule has 3 aliphatic rings. The van der Waals surface area contributed by atoms with Gasteiger partial charge in [-0.05, 0) is 71.5 Å². The number of benzene rings is 3. The summed E-state index contributed by atoms with van der Waals surface area (Å²) in [5, 5.41) is 18.8. The number of halogens is 3. The number of anilines is 1. The number of aromatic amines is 1. The van der Waals surface area contributed by atoms with E-state index in [0.29, 0.717) is 0 Å². The lowest BCUT2D eigenvalue weighted by Gasteiger charge is -2.26. The fourth-order valence-corrected chi connectivity index (χ4v) is 5.89. The van der Waals surface area contributed by atoms with E-state index in [1.165, 1.54) is 5.56 Å². The molecule has 45 heavy (non-hydrogen) atoms. The molecule has 2 atom stereocenters. The Morgan fingerprint density at radius 2 is 1.84 bits per heavy atom. The van der Waals surface area contributed by atoms with Gasteiger partial charge in [-0.2, -0.15) is 18.3 Å². The van der Waals surface area contributed by atoms with Gasteiger partial charge in [-0.15, -0.1) is 0 Å². The Kier molecular flexibility index (Phi) is 7.99. The number of nitrogens with zero attached hydrogens (tertiary/aromatic N) is 2. The quantitative estimate of drug-likeness (QED) is 0.281. The highest BCUT2D eigenvalue weighted by Crippen LogP contribution is 2.65. The Morgan fingerprint density at radius 3 is 2.53 bits per heavy atom. The van der Waals surface area contributed by atoms with Gasteiger partial charge in [-0.3, -0.25) is 14.8 Å². The third kappa shape index (κ3) is 6.09. The summed E-state index contributed by atoms with van der Waals surface area (Å²) in [6, 6.07) is 20.5. The molecule has 9 nitrogen and oxygen atoms in total. The van der Waals surface area contributed by atoms with Crippen molar-refractivity contribution >= 4 is 28.5 Å². The van der Waals surface area contributed by atoms with Crippen LogP contribution >= 0.6 is 0 Å². The first-order valence-corrected chi connectivity index (χ1v) is 14.3. The highest BCUT2D eigenvalue weighted by Gasteiger charge is 2.65. The van der Waals surface area contributed by atoms with Crippen LogP contribution in [0.1, 0.15) is 40.3 Å². The van der Waals surface area contributed by atoms with Crippen molar-refractivity contribution in [3.63, 3.8) is 0 Å². The number of carboxylic acids is 1. The number of carboxylic acid groups (broad SMARTS) is 1. The Labute approximate surface area is 256 Å². The summed E-state index contributed by atoms with van der Waals surface area (Å²) in [7, 11) is 1.65. The first kappa shape index (κ1) is 30.2. The maximum Gasteiger partial charge on any atom is 0.490 e. The molecule has 12 heteroatoms. The molecule has 1 aromatic heterocycles. The number of rotatable bonds is 4. The Balaban J connectivity index is 0.000000460. The van der Waals surface area contributed by atoms with E-state index in [9.17, 15) is 18.0 Å². The molecule has 3 N–H and O–H groups in total. The summed E-state index contributed by atoms with van der Waals surface area (Å²) in [4.78, 5) is 24.3. The van der Waals surface area contributed by atoms with Crippen LogP contribution < -0.4 is 10.1 Å². The molecular weight excluding hydrogens is 589 g/mol. The van der Waals surface area contributed by atoms with Crippen LogP contribution in [0.15, 0.2) is 60.7 Å². The zero-order chi connectivity index (χ0) is 31.8. The number of hydrogen-bond acceptors (Lipinski definition) is 6. The molecule has 1 saturated heterocycles. The van der Waals surface area contributed by atoms with Gasteiger partial charge >= 0.3 is 12.1 Å². The van der Waals surface area contributed by atoms with Crippen molar-refractivity contribution in [1.29, 1.82) is 0 Å². The highest BCUT2D eigenvalue weighted by molar-refractivity contribution is 6.10. The van der Waals surface area contributed by atoms with Crippen molar-refractivity contribution in [2.45, 2.75) is 30.5 Å². The number of hydrogen-bond donors (Lipinski definition) is 3. The molecule has 0 bridgehead atoms. The van der Waals surface area contributed by atoms with Crippen molar-refractivity contribution in [2.75, 3.05) is 38.7 Å². The van der Waals surface area contributed by atoms with E-state index in [0.717, 1.165) is 84.0 Å². The summed E-state index contributed by atoms with van der Waals surface area (Å²) in [5.74, 6) is 4.69. The third-order valence-electron chi connectivity index (χ3n) is 8.34. The zero-order valence-corrected chi connectivity index (χ0v) is 24.2. The van der Waals surface area contributed by atoms with E-state index in [1.54, 1.807) is 7.11 Å². The van der Waals surface area contributed by atoms with Crippen molar-refractivity contribution in [3.05, 3.63) is 88.6 Å². The number of alkyl halides is 3. The Bertz CT molecular complexity index is 1820. The normalized spacial score (nSPS) is 20.4. The number of aliphatic carboxylic acids is 1. The summed E-state index contributed by atoms with van der Waals surface area (Å²) in [6.45, 7) is 4.51. The average molecular weight is 619 g/mol. The molecule has 2 fully saturated rings. The molecule has 1 saturated carbocycles. The minimum absolute atomic E-state index is 0.0676. The van der Waals surface area contributed by atoms with Crippen molar-refractivity contribution < 1.29 is 37.3 Å². The van der Waals surface area contributed by atoms with Crippen LogP contribution in [0.2, 0.25) is 0 Å². The lowest BCUT2D eigenvalue weighted by molar-refractivity contribution is -0.192. The maximum atomic E-state index is 13.0. The number of carbonyl (C=O) groups excluding carboxylic acids is 1. The lowest BCUT2D eigenvalue weighted by Crippen LogP contribution is -2.35. The summed E-state index contributed by atoms with van der Waals surface area (Å²) in [5.41, 5.74) is 6.42. The molecule has 232 valence electrons. The molecule has 2 aliphatic heterocycles. The van der Waals surface area contributed by atoms with E-state index in [4.69, 9.17) is 19.4 Å². The van der Waals surface area contributed by atoms with Gasteiger partial charge < -0.3 is 19.9 Å². The van der Waals surface area contributed by atoms with Gasteiger partial charge in [-0.25, -0.2) is 4.79 Å². The van der Waals surface area contributed by atoms with Gasteiger partial charge in [0.1, 0.15) is 11.4 Å². The van der Waals surface area contributed by atoms with Gasteiger partial charge in [-0.1, -0.05) is 24.1 Å². The second-order valence-corrected chi connectivity index (χ2v) is 11.1. The van der Waals surface area contributed by atoms with Gasteiger partial charge in [0.05, 0.1) is 31.3 Å². The Morgan fingerprint density at radius 1 is 1.11 bits per heavy atom. The van der Waals surface area contributed by atoms with Crippen LogP contribution in [0.25, 0.3) is 10.9 Å². The molecule has 7 rings (SSSR count). The number of H-pyrrole nitrogens is 1. The lowest BCUT2D eigenvalue weighted by atomic mass is 9.91. The number of amides is 1. The maximum absolute atomic E-state index is 13.0. The van der Waals surface area contributed by atoms with Crippen LogP contribution in [-0.4, -0.2) is 71.7 Å². The molecule has 2 unspecified atom stereocenters. The van der Waals surface area contributed by atoms with E-state index in [-0.39, 0.29) is 11.8 Å². The number of fused-ring (bicyclic) bond motifs is 3. The number of aromatic nitrogens is 2. The highest BCUT2D eigenvalue weighted by atomic mass is 19.4. The van der Waals surface area contributed by atoms with Crippen molar-refractivity contribution in [3.8, 4) is 17.6 Å². The van der Waals surface area contributed by atoms with Gasteiger partial charge in [0, 0.05) is 42.2 Å². The largest absolute Gasteiger partial charge is 0.497 e. The molecule has 3 heterocycles. The number of morpholine rings is 1. The minimum atomic E-state index is -5.08. The standard InChI is InChI=1S/C31H28N4O3.C2HF3O2/c1-37-23-8-11-28-25(17-23)31(30(36)32-28)18-26(31)22-7-9-24-27(33-34-29(24)16-22)10-6-20-2-4-21(5-3-20)19-35-12-14-38-15-13-35;3-2(4,5)1(6)7/h2-5,7-9,11,16-17,26H,12-15,18-19H2,1H3,(H,32,36)(H,33,34);(H,6,7). The first-order chi connectivity index (χ1) is 21.6. The average Bonchev–Trinajstić information content (AvgIpc) is 3.57. The SMILES string of the molecule is COc1ccc2c(c1)C1(CC1c1ccc3c(C#Cc4ccc(CN5CCOCC5)cc4)n[nH]c3c1)C(=O)N2.O=C(O)C(F)(F)F. The molecule has 3 aromatic carbocycles. The number of ether oxygens (including phenoxy) is 2. The summed E-state index contributed by atoms with van der Waals surface area (Å²) < 4.78 is 42.6. The molecule has 1 spiro atoms. The number of nitrogens with one attached hydrogen (secondary N) is 2. The second kappa shape index (κ2) is 11.9. The Hall–Kier alpha value is -4.86. The summed E-state index contributed by atoms with van der Waals surface area (Å²) in [6.07, 6.45) is -4.30. The van der Waals surface area contributed by atoms with Crippen molar-refractivity contribution in [2.24, 2.45) is 0 Å². The third-order valence-corrected chi connectivity index (χ3v) is 8.34. The molecule has 1 aliphatic carbocycles. The van der Waals surface area contributed by atoms with E-state index in [2.05, 4.69) is 74.7 Å². The van der Waals surface area contributed by atoms with Crippen LogP contribution in [0.5, 0.6) is 5.75 Å². The molecule has 0 radical (unpaired) electrons. The zero-order valence-electron chi connectivity index (χ0n) is 24.2. The van der Waals surface area contributed by atoms with Gasteiger partial charge in [0.25, 0.3) is 0 Å². The van der Waals surface area contributed by atoms with Crippen LogP contribution in [0.4, 0.5) is 18.9 Å². The second-order valence-electron chi connectivity index (χ2n) is 11.1. The van der Waals surface area contributed by atoms with Crippen molar-refractivity contribution in [1.82, 2.24) is 15.1 Å². The predicted octanol–water partition coefficient (Wildman–Crippen LogP) is 4.81. The molecule has 4 aromatic rings. The fourth-order valence-electron chi connectivity index (χ4n) is 5.89. The molecule has 1 amide bonds. The fraction of sp³-hybridized carbons (Fsp3) is 0.303. The van der Waals surface area contributed by atoms with Crippen LogP contribution in [0.3, 0.4) is 0 Å². The van der Waals surface area contributed by atoms with Gasteiger partial charge in [0.15, 0.2) is 0 Å². The first-order valence-electron chi connectivity index (χ1n) is 14.3. The van der Waals surface area contributed by atoms with Crippen LogP contribution in [0, 0.1) is 11.8 Å². The van der Waals surface area contributed by atoms with E-state index in [1.807, 2.05) is 18.2 Å². The van der Waals surface area contributed by atoms with Gasteiger partial charge in [0.2, 0.25) is 5.91 Å². The number of methoxy groups -OCH3 is 1. The smallest absolute Gasteiger partial charge is 0.490 e. The predicted molar refractivity (Wildman–Crippen MR) is 159 cm³/mol. The molecular formula is C33H29F3N4O5. The van der Waals surface area contributed by atoms with Crippen LogP contribution in [-0.2, 0) is 26.3 Å². The number of carbonyl (C=O) groups is 2. The monoisotopic (exact) mass is 618 g/mol. The summed E-state index contributed by atoms with van der Waals surface area (Å²) >= 11 is 0.